The van der Waals surface area contributed by atoms with Crippen molar-refractivity contribution in [3.63, 3.8) is 0 Å². The molecule has 0 aliphatic carbocycles. The van der Waals surface area contributed by atoms with Gasteiger partial charge >= 0.3 is 0 Å². The average molecular weight is 414 g/mol. The van der Waals surface area contributed by atoms with Crippen LogP contribution in [0, 0.1) is 12.8 Å². The van der Waals surface area contributed by atoms with Crippen molar-refractivity contribution in [1.29, 1.82) is 0 Å². The first-order valence-corrected chi connectivity index (χ1v) is 10.6. The number of carbonyl (C=O) groups excluding carboxylic acids is 2. The Labute approximate surface area is 183 Å². The van der Waals surface area contributed by atoms with E-state index in [1.54, 1.807) is 4.90 Å². The second kappa shape index (κ2) is 9.47. The molecular formula is C26H27N3O2. The van der Waals surface area contributed by atoms with Crippen LogP contribution in [0.3, 0.4) is 0 Å². The van der Waals surface area contributed by atoms with Crippen LogP contribution in [0.25, 0.3) is 0 Å². The molecule has 4 rings (SSSR count). The lowest BCUT2D eigenvalue weighted by Crippen LogP contribution is -2.28. The van der Waals surface area contributed by atoms with E-state index in [2.05, 4.69) is 29.7 Å². The van der Waals surface area contributed by atoms with Gasteiger partial charge in [-0.2, -0.15) is 0 Å². The minimum Gasteiger partial charge on any atom is -0.379 e. The molecule has 0 radical (unpaired) electrons. The summed E-state index contributed by atoms with van der Waals surface area (Å²) in [5.74, 6) is -0.440. The van der Waals surface area contributed by atoms with Crippen molar-refractivity contribution in [2.75, 3.05) is 17.2 Å². The molecule has 0 bridgehead atoms. The van der Waals surface area contributed by atoms with Gasteiger partial charge in [-0.25, -0.2) is 0 Å². The predicted molar refractivity (Wildman–Crippen MR) is 124 cm³/mol. The predicted octanol–water partition coefficient (Wildman–Crippen LogP) is 4.59. The quantitative estimate of drug-likeness (QED) is 0.595. The molecular weight excluding hydrogens is 386 g/mol. The molecule has 1 fully saturated rings. The molecule has 1 heterocycles. The molecule has 0 saturated carbocycles. The van der Waals surface area contributed by atoms with Gasteiger partial charge in [0.25, 0.3) is 0 Å². The maximum absolute atomic E-state index is 12.9. The van der Waals surface area contributed by atoms with Gasteiger partial charge in [0.1, 0.15) is 0 Å². The highest BCUT2D eigenvalue weighted by atomic mass is 16.2. The summed E-state index contributed by atoms with van der Waals surface area (Å²) in [6.07, 6.45) is 0.247. The van der Waals surface area contributed by atoms with E-state index in [9.17, 15) is 9.59 Å². The minimum absolute atomic E-state index is 0.0231. The van der Waals surface area contributed by atoms with Crippen molar-refractivity contribution in [3.8, 4) is 0 Å². The number of anilines is 2. The Bertz CT molecular complexity index is 1070. The van der Waals surface area contributed by atoms with Crippen LogP contribution in [-0.2, 0) is 22.7 Å². The normalized spacial score (nSPS) is 15.7. The highest BCUT2D eigenvalue weighted by molar-refractivity contribution is 5.99. The summed E-state index contributed by atoms with van der Waals surface area (Å²) in [5, 5.41) is 6.45. The summed E-state index contributed by atoms with van der Waals surface area (Å²) in [7, 11) is 0. The van der Waals surface area contributed by atoms with Gasteiger partial charge in [-0.3, -0.25) is 9.59 Å². The van der Waals surface area contributed by atoms with Crippen molar-refractivity contribution >= 4 is 23.2 Å². The zero-order valence-corrected chi connectivity index (χ0v) is 17.7. The molecule has 31 heavy (non-hydrogen) atoms. The van der Waals surface area contributed by atoms with Crippen LogP contribution in [0.4, 0.5) is 11.4 Å². The number of hydrogen-bond acceptors (Lipinski definition) is 3. The average Bonchev–Trinajstić information content (AvgIpc) is 3.15. The number of para-hydroxylation sites is 2. The number of rotatable bonds is 7. The number of aryl methyl sites for hydroxylation is 1. The van der Waals surface area contributed by atoms with Crippen molar-refractivity contribution < 1.29 is 9.59 Å². The molecule has 5 nitrogen and oxygen atoms in total. The lowest BCUT2D eigenvalue weighted by atomic mass is 10.1. The van der Waals surface area contributed by atoms with E-state index >= 15 is 0 Å². The molecule has 1 aliphatic rings. The Hall–Kier alpha value is -3.60. The molecule has 2 amide bonds. The van der Waals surface area contributed by atoms with Gasteiger partial charge in [0, 0.05) is 26.1 Å². The summed E-state index contributed by atoms with van der Waals surface area (Å²) >= 11 is 0. The van der Waals surface area contributed by atoms with Crippen LogP contribution in [0.15, 0.2) is 78.9 Å². The zero-order chi connectivity index (χ0) is 21.6. The van der Waals surface area contributed by atoms with Gasteiger partial charge < -0.3 is 15.5 Å². The molecule has 2 N–H and O–H groups in total. The summed E-state index contributed by atoms with van der Waals surface area (Å²) < 4.78 is 0. The summed E-state index contributed by atoms with van der Waals surface area (Å²) in [6, 6.07) is 25.8. The number of carbonyl (C=O) groups is 2. The first-order chi connectivity index (χ1) is 15.1. The van der Waals surface area contributed by atoms with E-state index in [0.717, 1.165) is 16.9 Å². The highest BCUT2D eigenvalue weighted by Crippen LogP contribution is 2.26. The van der Waals surface area contributed by atoms with Crippen LogP contribution in [-0.4, -0.2) is 23.3 Å². The minimum atomic E-state index is -0.347. The molecule has 3 aromatic carbocycles. The fraction of sp³-hybridized carbons (Fsp3) is 0.231. The fourth-order valence-electron chi connectivity index (χ4n) is 3.88. The van der Waals surface area contributed by atoms with Crippen molar-refractivity contribution in [2.24, 2.45) is 5.92 Å². The Balaban J connectivity index is 1.39. The summed E-state index contributed by atoms with van der Waals surface area (Å²) in [4.78, 5) is 27.1. The van der Waals surface area contributed by atoms with Crippen molar-refractivity contribution in [1.82, 2.24) is 4.90 Å². The lowest BCUT2D eigenvalue weighted by molar-refractivity contribution is -0.128. The fourth-order valence-corrected chi connectivity index (χ4v) is 3.88. The molecule has 5 heteroatoms. The van der Waals surface area contributed by atoms with Crippen molar-refractivity contribution in [2.45, 2.75) is 26.4 Å². The standard InChI is InChI=1S/C26H27N3O2/c1-19-9-5-6-12-21(19)16-27-23-13-7-8-14-24(23)28-26(31)22-15-25(30)29(18-22)17-20-10-3-2-4-11-20/h2-14,22,27H,15-18H2,1H3,(H,28,31). The third kappa shape index (κ3) is 5.12. The Morgan fingerprint density at radius 3 is 2.39 bits per heavy atom. The molecule has 0 aromatic heterocycles. The van der Waals surface area contributed by atoms with Crippen LogP contribution in [0.5, 0.6) is 0 Å². The van der Waals surface area contributed by atoms with E-state index in [0.29, 0.717) is 19.6 Å². The smallest absolute Gasteiger partial charge is 0.229 e. The van der Waals surface area contributed by atoms with Gasteiger partial charge in [0.15, 0.2) is 0 Å². The van der Waals surface area contributed by atoms with E-state index in [1.807, 2.05) is 66.7 Å². The van der Waals surface area contributed by atoms with Gasteiger partial charge in [-0.05, 0) is 35.7 Å². The maximum Gasteiger partial charge on any atom is 0.229 e. The van der Waals surface area contributed by atoms with E-state index in [1.165, 1.54) is 11.1 Å². The third-order valence-electron chi connectivity index (χ3n) is 5.72. The number of likely N-dealkylation sites (tertiary alicyclic amines) is 1. The van der Waals surface area contributed by atoms with Crippen LogP contribution in [0.2, 0.25) is 0 Å². The number of nitrogens with zero attached hydrogens (tertiary/aromatic N) is 1. The molecule has 158 valence electrons. The maximum atomic E-state index is 12.9. The molecule has 0 spiro atoms. The van der Waals surface area contributed by atoms with E-state index < -0.39 is 0 Å². The van der Waals surface area contributed by atoms with Gasteiger partial charge in [0.2, 0.25) is 11.8 Å². The van der Waals surface area contributed by atoms with Crippen LogP contribution < -0.4 is 10.6 Å². The molecule has 1 saturated heterocycles. The Kier molecular flexibility index (Phi) is 6.32. The van der Waals surface area contributed by atoms with Crippen LogP contribution in [0.1, 0.15) is 23.1 Å². The lowest BCUT2D eigenvalue weighted by Gasteiger charge is -2.18. The Morgan fingerprint density at radius 2 is 1.61 bits per heavy atom. The molecule has 3 aromatic rings. The number of amides is 2. The first kappa shape index (κ1) is 20.7. The highest BCUT2D eigenvalue weighted by Gasteiger charge is 2.34. The topological polar surface area (TPSA) is 61.4 Å². The van der Waals surface area contributed by atoms with E-state index in [-0.39, 0.29) is 24.2 Å². The SMILES string of the molecule is Cc1ccccc1CNc1ccccc1NC(=O)C1CC(=O)N(Cc2ccccc2)C1. The summed E-state index contributed by atoms with van der Waals surface area (Å²) in [6.45, 7) is 3.74. The third-order valence-corrected chi connectivity index (χ3v) is 5.72. The van der Waals surface area contributed by atoms with Crippen molar-refractivity contribution in [3.05, 3.63) is 95.6 Å². The largest absolute Gasteiger partial charge is 0.379 e. The first-order valence-electron chi connectivity index (χ1n) is 10.6. The zero-order valence-electron chi connectivity index (χ0n) is 17.7. The number of nitrogens with one attached hydrogen (secondary N) is 2. The van der Waals surface area contributed by atoms with E-state index in [4.69, 9.17) is 0 Å². The monoisotopic (exact) mass is 413 g/mol. The number of benzene rings is 3. The van der Waals surface area contributed by atoms with Gasteiger partial charge in [-0.1, -0.05) is 66.7 Å². The van der Waals surface area contributed by atoms with Crippen LogP contribution >= 0.6 is 0 Å². The second-order valence-corrected chi connectivity index (χ2v) is 7.98. The van der Waals surface area contributed by atoms with Gasteiger partial charge in [0.05, 0.1) is 17.3 Å². The molecule has 1 aliphatic heterocycles. The summed E-state index contributed by atoms with van der Waals surface area (Å²) in [5.41, 5.74) is 5.10. The second-order valence-electron chi connectivity index (χ2n) is 7.98. The van der Waals surface area contributed by atoms with Gasteiger partial charge in [-0.15, -0.1) is 0 Å². The number of hydrogen-bond donors (Lipinski definition) is 2. The Morgan fingerprint density at radius 1 is 0.935 bits per heavy atom. The molecule has 1 unspecified atom stereocenters. The molecule has 1 atom stereocenters.